The van der Waals surface area contributed by atoms with Gasteiger partial charge in [-0.2, -0.15) is 0 Å². The maximum absolute atomic E-state index is 5.39. The second-order valence-electron chi connectivity index (χ2n) is 5.69. The molecule has 0 atom stereocenters. The molecule has 0 saturated carbocycles. The lowest BCUT2D eigenvalue weighted by Crippen LogP contribution is -2.00. The number of fused-ring (bicyclic) bond motifs is 1. The van der Waals surface area contributed by atoms with Gasteiger partial charge in [-0.25, -0.2) is 0 Å². The number of hydrogen-bond acceptors (Lipinski definition) is 4. The van der Waals surface area contributed by atoms with Crippen LogP contribution in [-0.2, 0) is 0 Å². The second kappa shape index (κ2) is 7.09. The summed E-state index contributed by atoms with van der Waals surface area (Å²) in [6.07, 6.45) is 3.84. The minimum atomic E-state index is 0.760. The number of para-hydroxylation sites is 1. The lowest BCUT2D eigenvalue weighted by atomic mass is 10.1. The van der Waals surface area contributed by atoms with Gasteiger partial charge in [0, 0.05) is 34.5 Å². The molecule has 6 heteroatoms. The number of aromatic amines is 1. The van der Waals surface area contributed by atoms with Gasteiger partial charge in [-0.15, -0.1) is 16.8 Å². The normalized spacial score (nSPS) is 11.0. The quantitative estimate of drug-likeness (QED) is 0.399. The van der Waals surface area contributed by atoms with Gasteiger partial charge in [0.05, 0.1) is 12.8 Å². The maximum atomic E-state index is 5.39. The first-order chi connectivity index (χ1) is 12.8. The van der Waals surface area contributed by atoms with E-state index >= 15 is 0 Å². The van der Waals surface area contributed by atoms with Gasteiger partial charge in [-0.3, -0.25) is 4.57 Å². The Morgan fingerprint density at radius 1 is 1.19 bits per heavy atom. The molecule has 0 aliphatic rings. The van der Waals surface area contributed by atoms with Gasteiger partial charge in [0.15, 0.2) is 11.0 Å². The number of nitrogens with zero attached hydrogens (tertiary/aromatic N) is 3. The molecule has 130 valence electrons. The summed E-state index contributed by atoms with van der Waals surface area (Å²) in [7, 11) is 1.67. The molecule has 0 unspecified atom stereocenters. The molecule has 0 saturated heterocycles. The van der Waals surface area contributed by atoms with Crippen molar-refractivity contribution in [1.29, 1.82) is 0 Å². The molecule has 0 spiro atoms. The molecule has 4 rings (SSSR count). The van der Waals surface area contributed by atoms with E-state index in [0.29, 0.717) is 0 Å². The zero-order valence-electron chi connectivity index (χ0n) is 14.3. The highest BCUT2D eigenvalue weighted by atomic mass is 32.2. The molecule has 0 aliphatic carbocycles. The summed E-state index contributed by atoms with van der Waals surface area (Å²) < 4.78 is 7.45. The van der Waals surface area contributed by atoms with Crippen molar-refractivity contribution in [3.8, 4) is 22.8 Å². The van der Waals surface area contributed by atoms with Gasteiger partial charge in [0.2, 0.25) is 0 Å². The zero-order valence-corrected chi connectivity index (χ0v) is 15.2. The third-order valence-electron chi connectivity index (χ3n) is 4.11. The molecule has 2 aromatic heterocycles. The number of aromatic nitrogens is 4. The van der Waals surface area contributed by atoms with Crippen LogP contribution in [0.5, 0.6) is 5.75 Å². The first-order valence-corrected chi connectivity index (χ1v) is 9.20. The molecule has 0 radical (unpaired) electrons. The van der Waals surface area contributed by atoms with E-state index in [2.05, 4.69) is 38.5 Å². The number of H-pyrrole nitrogens is 1. The predicted octanol–water partition coefficient (Wildman–Crippen LogP) is 4.70. The Morgan fingerprint density at radius 2 is 2.08 bits per heavy atom. The third kappa shape index (κ3) is 2.88. The number of benzene rings is 2. The predicted molar refractivity (Wildman–Crippen MR) is 106 cm³/mol. The van der Waals surface area contributed by atoms with Crippen LogP contribution >= 0.6 is 11.8 Å². The van der Waals surface area contributed by atoms with E-state index in [-0.39, 0.29) is 0 Å². The first kappa shape index (κ1) is 16.5. The lowest BCUT2D eigenvalue weighted by molar-refractivity contribution is 0.414. The van der Waals surface area contributed by atoms with Crippen LogP contribution < -0.4 is 4.74 Å². The maximum Gasteiger partial charge on any atom is 0.196 e. The van der Waals surface area contributed by atoms with E-state index in [1.807, 2.05) is 48.7 Å². The Labute approximate surface area is 155 Å². The molecule has 0 amide bonds. The average molecular weight is 362 g/mol. The van der Waals surface area contributed by atoms with Gasteiger partial charge < -0.3 is 9.72 Å². The Morgan fingerprint density at radius 3 is 2.92 bits per heavy atom. The fourth-order valence-electron chi connectivity index (χ4n) is 2.91. The van der Waals surface area contributed by atoms with Crippen molar-refractivity contribution in [3.05, 3.63) is 67.4 Å². The highest BCUT2D eigenvalue weighted by molar-refractivity contribution is 7.99. The molecular weight excluding hydrogens is 344 g/mol. The fourth-order valence-corrected chi connectivity index (χ4v) is 3.60. The summed E-state index contributed by atoms with van der Waals surface area (Å²) in [6.45, 7) is 3.80. The molecule has 4 aromatic rings. The SMILES string of the molecule is C=CCSc1nnc(-c2c[nH]c3ccccc23)n1-c1cccc(OC)c1. The number of thioether (sulfide) groups is 1. The fraction of sp³-hybridized carbons (Fsp3) is 0.100. The summed E-state index contributed by atoms with van der Waals surface area (Å²) in [5.74, 6) is 2.35. The van der Waals surface area contributed by atoms with Crippen LogP contribution in [0.15, 0.2) is 72.5 Å². The minimum Gasteiger partial charge on any atom is -0.497 e. The molecule has 0 bridgehead atoms. The number of ether oxygens (including phenoxy) is 1. The van der Waals surface area contributed by atoms with Crippen LogP contribution in [0.4, 0.5) is 0 Å². The van der Waals surface area contributed by atoms with Gasteiger partial charge in [-0.05, 0) is 18.2 Å². The van der Waals surface area contributed by atoms with Crippen LogP contribution in [0.1, 0.15) is 0 Å². The van der Waals surface area contributed by atoms with E-state index in [4.69, 9.17) is 4.74 Å². The van der Waals surface area contributed by atoms with E-state index in [9.17, 15) is 0 Å². The molecular formula is C20H18N4OS. The summed E-state index contributed by atoms with van der Waals surface area (Å²) in [6, 6.07) is 16.1. The van der Waals surface area contributed by atoms with Gasteiger partial charge in [0.25, 0.3) is 0 Å². The largest absolute Gasteiger partial charge is 0.497 e. The molecule has 0 aliphatic heterocycles. The molecule has 5 nitrogen and oxygen atoms in total. The smallest absolute Gasteiger partial charge is 0.196 e. The topological polar surface area (TPSA) is 55.7 Å². The lowest BCUT2D eigenvalue weighted by Gasteiger charge is -2.11. The minimum absolute atomic E-state index is 0.760. The highest BCUT2D eigenvalue weighted by Crippen LogP contribution is 2.33. The van der Waals surface area contributed by atoms with Crippen molar-refractivity contribution in [3.63, 3.8) is 0 Å². The summed E-state index contributed by atoms with van der Waals surface area (Å²) in [4.78, 5) is 3.31. The van der Waals surface area contributed by atoms with Crippen molar-refractivity contribution in [2.75, 3.05) is 12.9 Å². The van der Waals surface area contributed by atoms with E-state index in [1.165, 1.54) is 0 Å². The monoisotopic (exact) mass is 362 g/mol. The van der Waals surface area contributed by atoms with Crippen molar-refractivity contribution >= 4 is 22.7 Å². The number of hydrogen-bond donors (Lipinski definition) is 1. The number of rotatable bonds is 6. The molecule has 2 aromatic carbocycles. The molecule has 1 N–H and O–H groups in total. The van der Waals surface area contributed by atoms with E-state index < -0.39 is 0 Å². The van der Waals surface area contributed by atoms with Crippen molar-refractivity contribution in [2.45, 2.75) is 5.16 Å². The average Bonchev–Trinajstić information content (AvgIpc) is 3.30. The van der Waals surface area contributed by atoms with Crippen LogP contribution in [0.25, 0.3) is 28.0 Å². The van der Waals surface area contributed by atoms with Gasteiger partial charge >= 0.3 is 0 Å². The molecule has 26 heavy (non-hydrogen) atoms. The van der Waals surface area contributed by atoms with Crippen LogP contribution in [0.2, 0.25) is 0 Å². The van der Waals surface area contributed by atoms with E-state index in [1.54, 1.807) is 18.9 Å². The summed E-state index contributed by atoms with van der Waals surface area (Å²) in [5, 5.41) is 10.8. The Bertz CT molecular complexity index is 1070. The third-order valence-corrected chi connectivity index (χ3v) is 5.03. The van der Waals surface area contributed by atoms with E-state index in [0.717, 1.165) is 44.6 Å². The standard InChI is InChI=1S/C20H18N4OS/c1-3-11-26-20-23-22-19(17-13-21-18-10-5-4-9-16(17)18)24(20)14-7-6-8-15(12-14)25-2/h3-10,12-13,21H,1,11H2,2H3. The summed E-state index contributed by atoms with van der Waals surface area (Å²) >= 11 is 1.60. The zero-order chi connectivity index (χ0) is 17.9. The highest BCUT2D eigenvalue weighted by Gasteiger charge is 2.18. The van der Waals surface area contributed by atoms with Crippen molar-refractivity contribution in [2.24, 2.45) is 0 Å². The molecule has 0 fully saturated rings. The van der Waals surface area contributed by atoms with Crippen molar-refractivity contribution < 1.29 is 4.74 Å². The van der Waals surface area contributed by atoms with Crippen LogP contribution in [-0.4, -0.2) is 32.6 Å². The first-order valence-electron chi connectivity index (χ1n) is 8.22. The van der Waals surface area contributed by atoms with Crippen LogP contribution in [0, 0.1) is 0 Å². The second-order valence-corrected chi connectivity index (χ2v) is 6.68. The summed E-state index contributed by atoms with van der Waals surface area (Å²) in [5.41, 5.74) is 3.05. The van der Waals surface area contributed by atoms with Crippen molar-refractivity contribution in [1.82, 2.24) is 19.7 Å². The number of methoxy groups -OCH3 is 1. The van der Waals surface area contributed by atoms with Crippen LogP contribution in [0.3, 0.4) is 0 Å². The number of nitrogens with one attached hydrogen (secondary N) is 1. The molecule has 2 heterocycles. The van der Waals surface area contributed by atoms with Gasteiger partial charge in [0.1, 0.15) is 5.75 Å². The Kier molecular flexibility index (Phi) is 4.50. The Balaban J connectivity index is 1.92. The van der Waals surface area contributed by atoms with Gasteiger partial charge in [-0.1, -0.05) is 42.1 Å². The Hall–Kier alpha value is -2.99.